The van der Waals surface area contributed by atoms with E-state index in [1.54, 1.807) is 12.6 Å². The van der Waals surface area contributed by atoms with Gasteiger partial charge in [-0.3, -0.25) is 4.79 Å². The molecule has 1 aliphatic rings. The van der Waals surface area contributed by atoms with E-state index >= 15 is 0 Å². The molecular weight excluding hydrogens is 268 g/mol. The molecule has 0 aliphatic heterocycles. The third-order valence-corrected chi connectivity index (χ3v) is 3.85. The highest BCUT2D eigenvalue weighted by Crippen LogP contribution is 2.47. The predicted molar refractivity (Wildman–Crippen MR) is 76.7 cm³/mol. The summed E-state index contributed by atoms with van der Waals surface area (Å²) in [7, 11) is 0. The van der Waals surface area contributed by atoms with E-state index in [-0.39, 0.29) is 17.7 Å². The molecule has 2 heterocycles. The largest absolute Gasteiger partial charge is 0.469 e. The second-order valence-corrected chi connectivity index (χ2v) is 5.79. The van der Waals surface area contributed by atoms with Crippen molar-refractivity contribution in [3.63, 3.8) is 0 Å². The smallest absolute Gasteiger partial charge is 0.223 e. The van der Waals surface area contributed by atoms with Crippen molar-refractivity contribution in [1.29, 1.82) is 0 Å². The summed E-state index contributed by atoms with van der Waals surface area (Å²) in [5.41, 5.74) is 0. The molecule has 1 N–H and O–H groups in total. The number of nitrogens with one attached hydrogen (secondary N) is 1. The third-order valence-electron chi connectivity index (χ3n) is 3.85. The van der Waals surface area contributed by atoms with Crippen molar-refractivity contribution in [2.45, 2.75) is 38.6 Å². The summed E-state index contributed by atoms with van der Waals surface area (Å²) in [6.45, 7) is 5.46. The molecule has 6 nitrogen and oxygen atoms in total. The first-order valence-corrected chi connectivity index (χ1v) is 7.35. The normalized spacial score (nSPS) is 20.7. The van der Waals surface area contributed by atoms with Crippen LogP contribution in [-0.4, -0.2) is 27.2 Å². The van der Waals surface area contributed by atoms with E-state index < -0.39 is 0 Å². The second kappa shape index (κ2) is 5.71. The van der Waals surface area contributed by atoms with Gasteiger partial charge < -0.3 is 14.3 Å². The fourth-order valence-corrected chi connectivity index (χ4v) is 2.62. The van der Waals surface area contributed by atoms with Gasteiger partial charge in [-0.1, -0.05) is 13.8 Å². The minimum atomic E-state index is 0.0571. The Kier molecular flexibility index (Phi) is 3.77. The molecule has 0 saturated heterocycles. The highest BCUT2D eigenvalue weighted by molar-refractivity contribution is 5.82. The van der Waals surface area contributed by atoms with Crippen LogP contribution in [0.15, 0.2) is 29.1 Å². The van der Waals surface area contributed by atoms with Crippen LogP contribution in [-0.2, 0) is 11.3 Å². The zero-order chi connectivity index (χ0) is 14.8. The van der Waals surface area contributed by atoms with Crippen LogP contribution in [0.25, 0.3) is 0 Å². The van der Waals surface area contributed by atoms with Crippen molar-refractivity contribution >= 4 is 5.91 Å². The van der Waals surface area contributed by atoms with Crippen LogP contribution in [0.1, 0.15) is 43.7 Å². The van der Waals surface area contributed by atoms with Crippen LogP contribution in [0.4, 0.5) is 0 Å². The zero-order valence-corrected chi connectivity index (χ0v) is 12.3. The summed E-state index contributed by atoms with van der Waals surface area (Å²) >= 11 is 0. The Labute approximate surface area is 123 Å². The number of hydrogen-bond acceptors (Lipinski definition) is 4. The Bertz CT molecular complexity index is 603. The molecule has 1 amide bonds. The Balaban J connectivity index is 1.46. The lowest BCUT2D eigenvalue weighted by molar-refractivity contribution is -0.122. The average molecular weight is 288 g/mol. The number of furan rings is 1. The average Bonchev–Trinajstić information content (AvgIpc) is 2.90. The summed E-state index contributed by atoms with van der Waals surface area (Å²) in [4.78, 5) is 12.1. The molecule has 6 heteroatoms. The van der Waals surface area contributed by atoms with Crippen molar-refractivity contribution in [3.8, 4) is 0 Å². The molecule has 0 radical (unpaired) electrons. The molecule has 0 bridgehead atoms. The topological polar surface area (TPSA) is 73.0 Å². The molecule has 21 heavy (non-hydrogen) atoms. The van der Waals surface area contributed by atoms with Gasteiger partial charge in [0, 0.05) is 30.8 Å². The first-order chi connectivity index (χ1) is 10.2. The molecule has 3 rings (SSSR count). The van der Waals surface area contributed by atoms with E-state index in [1.165, 1.54) is 0 Å². The van der Waals surface area contributed by atoms with Crippen LogP contribution in [0.5, 0.6) is 0 Å². The van der Waals surface area contributed by atoms with Crippen molar-refractivity contribution in [3.05, 3.63) is 36.3 Å². The summed E-state index contributed by atoms with van der Waals surface area (Å²) in [5.74, 6) is 2.61. The lowest BCUT2D eigenvalue weighted by Gasteiger charge is -2.09. The lowest BCUT2D eigenvalue weighted by Crippen LogP contribution is -2.29. The monoisotopic (exact) mass is 288 g/mol. The number of nitrogens with zero attached hydrogens (tertiary/aromatic N) is 3. The standard InChI is InChI=1S/C15H20N4O2/c1-10(2)14-18-17-9-19(14)6-5-16-15(20)12-8-11(12)13-4-3-7-21-13/h3-4,7,9-12H,5-6,8H2,1-2H3,(H,16,20)/t11-,12+/m0/s1. The van der Waals surface area contributed by atoms with Gasteiger partial charge >= 0.3 is 0 Å². The highest BCUT2D eigenvalue weighted by atomic mass is 16.3. The molecule has 112 valence electrons. The molecule has 0 unspecified atom stereocenters. The van der Waals surface area contributed by atoms with Gasteiger partial charge in [-0.05, 0) is 18.6 Å². The van der Waals surface area contributed by atoms with Gasteiger partial charge in [0.2, 0.25) is 5.91 Å². The van der Waals surface area contributed by atoms with Crippen LogP contribution in [0, 0.1) is 5.92 Å². The molecule has 1 aliphatic carbocycles. The first-order valence-electron chi connectivity index (χ1n) is 7.35. The van der Waals surface area contributed by atoms with Crippen LogP contribution in [0.3, 0.4) is 0 Å². The summed E-state index contributed by atoms with van der Waals surface area (Å²) in [6.07, 6.45) is 4.25. The summed E-state index contributed by atoms with van der Waals surface area (Å²) in [6, 6.07) is 3.80. The molecule has 0 spiro atoms. The Morgan fingerprint density at radius 3 is 3.14 bits per heavy atom. The highest BCUT2D eigenvalue weighted by Gasteiger charge is 2.45. The quantitative estimate of drug-likeness (QED) is 0.881. The summed E-state index contributed by atoms with van der Waals surface area (Å²) < 4.78 is 7.33. The Hall–Kier alpha value is -2.11. The third kappa shape index (κ3) is 2.99. The fraction of sp³-hybridized carbons (Fsp3) is 0.533. The van der Waals surface area contributed by atoms with E-state index in [1.807, 2.05) is 16.7 Å². The molecule has 2 aromatic rings. The van der Waals surface area contributed by atoms with Crippen LogP contribution < -0.4 is 5.32 Å². The Morgan fingerprint density at radius 2 is 2.43 bits per heavy atom. The maximum atomic E-state index is 12.1. The molecule has 0 aromatic carbocycles. The maximum absolute atomic E-state index is 12.1. The van der Waals surface area contributed by atoms with E-state index in [4.69, 9.17) is 4.42 Å². The van der Waals surface area contributed by atoms with E-state index in [0.717, 1.165) is 18.0 Å². The van der Waals surface area contributed by atoms with Gasteiger partial charge in [-0.2, -0.15) is 0 Å². The summed E-state index contributed by atoms with van der Waals surface area (Å²) in [5, 5.41) is 11.0. The van der Waals surface area contributed by atoms with Crippen LogP contribution in [0.2, 0.25) is 0 Å². The SMILES string of the molecule is CC(C)c1nncn1CCNC(=O)[C@@H]1C[C@@H]1c1ccco1. The maximum Gasteiger partial charge on any atom is 0.223 e. The zero-order valence-electron chi connectivity index (χ0n) is 12.3. The number of rotatable bonds is 6. The predicted octanol–water partition coefficient (Wildman–Crippen LogP) is 1.91. The number of carbonyl (C=O) groups excluding carboxylic acids is 1. The van der Waals surface area contributed by atoms with E-state index in [0.29, 0.717) is 19.0 Å². The van der Waals surface area contributed by atoms with Gasteiger partial charge in [0.05, 0.1) is 6.26 Å². The number of hydrogen-bond donors (Lipinski definition) is 1. The fourth-order valence-electron chi connectivity index (χ4n) is 2.62. The molecule has 2 aromatic heterocycles. The minimum absolute atomic E-state index is 0.0571. The second-order valence-electron chi connectivity index (χ2n) is 5.79. The van der Waals surface area contributed by atoms with E-state index in [9.17, 15) is 4.79 Å². The van der Waals surface area contributed by atoms with Crippen molar-refractivity contribution < 1.29 is 9.21 Å². The number of aromatic nitrogens is 3. The van der Waals surface area contributed by atoms with Crippen molar-refractivity contribution in [2.24, 2.45) is 5.92 Å². The number of carbonyl (C=O) groups is 1. The van der Waals surface area contributed by atoms with Crippen LogP contribution >= 0.6 is 0 Å². The van der Waals surface area contributed by atoms with Crippen molar-refractivity contribution in [2.75, 3.05) is 6.54 Å². The van der Waals surface area contributed by atoms with Gasteiger partial charge in [-0.25, -0.2) is 0 Å². The van der Waals surface area contributed by atoms with Gasteiger partial charge in [0.25, 0.3) is 0 Å². The van der Waals surface area contributed by atoms with E-state index in [2.05, 4.69) is 29.4 Å². The lowest BCUT2D eigenvalue weighted by atomic mass is 10.2. The molecular formula is C15H20N4O2. The minimum Gasteiger partial charge on any atom is -0.469 e. The molecule has 1 fully saturated rings. The Morgan fingerprint density at radius 1 is 1.57 bits per heavy atom. The van der Waals surface area contributed by atoms with Gasteiger partial charge in [0.1, 0.15) is 17.9 Å². The van der Waals surface area contributed by atoms with Gasteiger partial charge in [0.15, 0.2) is 0 Å². The van der Waals surface area contributed by atoms with Crippen molar-refractivity contribution in [1.82, 2.24) is 20.1 Å². The van der Waals surface area contributed by atoms with Gasteiger partial charge in [-0.15, -0.1) is 10.2 Å². The number of amides is 1. The molecule has 2 atom stereocenters. The first kappa shape index (κ1) is 13.9. The molecule has 1 saturated carbocycles.